The maximum Gasteiger partial charge on any atom is 0.267 e. The number of nitrogens with zero attached hydrogens (tertiary/aromatic N) is 1. The van der Waals surface area contributed by atoms with Crippen LogP contribution in [0.4, 0.5) is 0 Å². The van der Waals surface area contributed by atoms with Crippen LogP contribution in [0.15, 0.2) is 59.0 Å². The molecule has 2 aromatic carbocycles. The summed E-state index contributed by atoms with van der Waals surface area (Å²) >= 11 is 12.1. The Morgan fingerprint density at radius 2 is 1.83 bits per heavy atom. The van der Waals surface area contributed by atoms with Crippen molar-refractivity contribution in [2.45, 2.75) is 6.92 Å². The van der Waals surface area contributed by atoms with Crippen LogP contribution < -0.4 is 5.73 Å². The molecule has 7 heteroatoms. The third kappa shape index (κ3) is 3.50. The standard InChI is InChI=1S/C22H14Cl2N2O3/c1-11-14-7-5-12(17-3-2-4-18(26-17)22(25)28)9-19(14)29-21(11)20(27)15-8-6-13(23)10-16(15)24/h2-10H,1H3,(H2,25,28). The van der Waals surface area contributed by atoms with Crippen molar-refractivity contribution >= 4 is 45.9 Å². The van der Waals surface area contributed by atoms with Crippen molar-refractivity contribution in [3.8, 4) is 11.3 Å². The van der Waals surface area contributed by atoms with E-state index in [0.29, 0.717) is 27.4 Å². The number of hydrogen-bond acceptors (Lipinski definition) is 4. The fourth-order valence-electron chi connectivity index (χ4n) is 3.13. The first-order chi connectivity index (χ1) is 13.8. The Labute approximate surface area is 176 Å². The minimum Gasteiger partial charge on any atom is -0.452 e. The van der Waals surface area contributed by atoms with E-state index in [1.807, 2.05) is 19.1 Å². The largest absolute Gasteiger partial charge is 0.452 e. The van der Waals surface area contributed by atoms with E-state index in [0.717, 1.165) is 10.9 Å². The Balaban J connectivity index is 1.79. The second kappa shape index (κ2) is 7.35. The van der Waals surface area contributed by atoms with Crippen LogP contribution in [-0.2, 0) is 0 Å². The van der Waals surface area contributed by atoms with Gasteiger partial charge in [0.1, 0.15) is 11.3 Å². The van der Waals surface area contributed by atoms with E-state index in [1.54, 1.807) is 36.4 Å². The van der Waals surface area contributed by atoms with Crippen molar-refractivity contribution in [1.82, 2.24) is 4.98 Å². The van der Waals surface area contributed by atoms with Gasteiger partial charge in [0.25, 0.3) is 5.91 Å². The zero-order valence-corrected chi connectivity index (χ0v) is 16.7. The summed E-state index contributed by atoms with van der Waals surface area (Å²) in [5, 5.41) is 1.51. The van der Waals surface area contributed by atoms with Gasteiger partial charge in [-0.05, 0) is 43.3 Å². The van der Waals surface area contributed by atoms with Gasteiger partial charge in [-0.1, -0.05) is 41.4 Å². The Bertz CT molecular complexity index is 1290. The van der Waals surface area contributed by atoms with Crippen molar-refractivity contribution in [1.29, 1.82) is 0 Å². The molecule has 0 unspecified atom stereocenters. The Kier molecular flexibility index (Phi) is 4.86. The highest BCUT2D eigenvalue weighted by molar-refractivity contribution is 6.37. The van der Waals surface area contributed by atoms with Crippen LogP contribution in [0.2, 0.25) is 10.0 Å². The molecule has 144 valence electrons. The van der Waals surface area contributed by atoms with Gasteiger partial charge >= 0.3 is 0 Å². The average molecular weight is 425 g/mol. The predicted octanol–water partition coefficient (Wildman–Crippen LogP) is 5.44. The summed E-state index contributed by atoms with van der Waals surface area (Å²) in [6, 6.07) is 15.2. The van der Waals surface area contributed by atoms with Crippen LogP contribution in [0, 0.1) is 6.92 Å². The molecule has 4 rings (SSSR count). The summed E-state index contributed by atoms with van der Waals surface area (Å²) in [7, 11) is 0. The van der Waals surface area contributed by atoms with Crippen molar-refractivity contribution in [2.24, 2.45) is 5.73 Å². The molecule has 4 aromatic rings. The number of carbonyl (C=O) groups excluding carboxylic acids is 2. The summed E-state index contributed by atoms with van der Waals surface area (Å²) in [6.45, 7) is 1.81. The van der Waals surface area contributed by atoms with E-state index in [1.165, 1.54) is 6.07 Å². The molecular formula is C22H14Cl2N2O3. The van der Waals surface area contributed by atoms with Gasteiger partial charge in [-0.2, -0.15) is 0 Å². The molecule has 0 fully saturated rings. The zero-order chi connectivity index (χ0) is 20.7. The number of furan rings is 1. The summed E-state index contributed by atoms with van der Waals surface area (Å²) in [5.41, 5.74) is 8.34. The van der Waals surface area contributed by atoms with E-state index in [9.17, 15) is 9.59 Å². The molecule has 0 atom stereocenters. The number of amides is 1. The van der Waals surface area contributed by atoms with E-state index in [4.69, 9.17) is 33.4 Å². The maximum absolute atomic E-state index is 13.0. The number of pyridine rings is 1. The molecule has 0 spiro atoms. The van der Waals surface area contributed by atoms with Crippen LogP contribution >= 0.6 is 23.2 Å². The number of carbonyl (C=O) groups is 2. The third-order valence-electron chi connectivity index (χ3n) is 4.62. The highest BCUT2D eigenvalue weighted by Crippen LogP contribution is 2.32. The van der Waals surface area contributed by atoms with Gasteiger partial charge in [0.15, 0.2) is 5.76 Å². The van der Waals surface area contributed by atoms with Gasteiger partial charge in [-0.15, -0.1) is 0 Å². The van der Waals surface area contributed by atoms with Crippen LogP contribution in [0.1, 0.15) is 32.2 Å². The quantitative estimate of drug-likeness (QED) is 0.441. The molecule has 1 amide bonds. The number of aromatic nitrogens is 1. The molecule has 0 bridgehead atoms. The number of benzene rings is 2. The minimum absolute atomic E-state index is 0.173. The summed E-state index contributed by atoms with van der Waals surface area (Å²) in [4.78, 5) is 28.6. The van der Waals surface area contributed by atoms with Crippen molar-refractivity contribution in [3.05, 3.63) is 87.2 Å². The fraction of sp³-hybridized carbons (Fsp3) is 0.0455. The van der Waals surface area contributed by atoms with E-state index in [2.05, 4.69) is 4.98 Å². The van der Waals surface area contributed by atoms with Gasteiger partial charge in [-0.3, -0.25) is 9.59 Å². The van der Waals surface area contributed by atoms with Gasteiger partial charge < -0.3 is 10.2 Å². The van der Waals surface area contributed by atoms with Gasteiger partial charge in [0.05, 0.1) is 10.7 Å². The van der Waals surface area contributed by atoms with Crippen molar-refractivity contribution < 1.29 is 14.0 Å². The lowest BCUT2D eigenvalue weighted by atomic mass is 10.0. The van der Waals surface area contributed by atoms with E-state index in [-0.39, 0.29) is 22.3 Å². The lowest BCUT2D eigenvalue weighted by Gasteiger charge is -2.02. The lowest BCUT2D eigenvalue weighted by Crippen LogP contribution is -2.12. The highest BCUT2D eigenvalue weighted by Gasteiger charge is 2.22. The molecule has 0 saturated carbocycles. The van der Waals surface area contributed by atoms with Crippen LogP contribution in [0.5, 0.6) is 0 Å². The molecule has 29 heavy (non-hydrogen) atoms. The molecule has 0 aliphatic rings. The Morgan fingerprint density at radius 3 is 2.55 bits per heavy atom. The van der Waals surface area contributed by atoms with Gasteiger partial charge in [-0.25, -0.2) is 4.98 Å². The van der Waals surface area contributed by atoms with Gasteiger partial charge in [0, 0.05) is 27.1 Å². The molecule has 2 heterocycles. The first-order valence-electron chi connectivity index (χ1n) is 8.65. The second-order valence-electron chi connectivity index (χ2n) is 6.49. The average Bonchev–Trinajstić information content (AvgIpc) is 3.03. The molecule has 0 aliphatic heterocycles. The summed E-state index contributed by atoms with van der Waals surface area (Å²) < 4.78 is 5.88. The number of rotatable bonds is 4. The maximum atomic E-state index is 13.0. The zero-order valence-electron chi connectivity index (χ0n) is 15.2. The summed E-state index contributed by atoms with van der Waals surface area (Å²) in [5.74, 6) is -0.717. The minimum atomic E-state index is -0.602. The lowest BCUT2D eigenvalue weighted by molar-refractivity contribution is 0.0992. The summed E-state index contributed by atoms with van der Waals surface area (Å²) in [6.07, 6.45) is 0. The molecule has 0 saturated heterocycles. The number of halogens is 2. The SMILES string of the molecule is Cc1c(C(=O)c2ccc(Cl)cc2Cl)oc2cc(-c3cccc(C(N)=O)n3)ccc12. The van der Waals surface area contributed by atoms with Gasteiger partial charge in [0.2, 0.25) is 5.78 Å². The van der Waals surface area contributed by atoms with Crippen molar-refractivity contribution in [2.75, 3.05) is 0 Å². The van der Waals surface area contributed by atoms with Crippen LogP contribution in [0.3, 0.4) is 0 Å². The number of aryl methyl sites for hydroxylation is 1. The monoisotopic (exact) mass is 424 g/mol. The Hall–Kier alpha value is -3.15. The normalized spacial score (nSPS) is 11.0. The molecule has 2 N–H and O–H groups in total. The number of nitrogens with two attached hydrogens (primary N) is 1. The number of fused-ring (bicyclic) bond motifs is 1. The third-order valence-corrected chi connectivity index (χ3v) is 5.17. The Morgan fingerprint density at radius 1 is 1.03 bits per heavy atom. The molecule has 0 radical (unpaired) electrons. The predicted molar refractivity (Wildman–Crippen MR) is 113 cm³/mol. The second-order valence-corrected chi connectivity index (χ2v) is 7.34. The van der Waals surface area contributed by atoms with Crippen molar-refractivity contribution in [3.63, 3.8) is 0 Å². The van der Waals surface area contributed by atoms with Crippen LogP contribution in [-0.4, -0.2) is 16.7 Å². The first kappa shape index (κ1) is 19.2. The van der Waals surface area contributed by atoms with Crippen LogP contribution in [0.25, 0.3) is 22.2 Å². The fourth-order valence-corrected chi connectivity index (χ4v) is 3.62. The molecule has 5 nitrogen and oxygen atoms in total. The molecular weight excluding hydrogens is 411 g/mol. The first-order valence-corrected chi connectivity index (χ1v) is 9.41. The van der Waals surface area contributed by atoms with E-state index < -0.39 is 5.91 Å². The number of hydrogen-bond donors (Lipinski definition) is 1. The van der Waals surface area contributed by atoms with E-state index >= 15 is 0 Å². The molecule has 2 aromatic heterocycles. The smallest absolute Gasteiger partial charge is 0.267 e. The highest BCUT2D eigenvalue weighted by atomic mass is 35.5. The molecule has 0 aliphatic carbocycles. The number of primary amides is 1. The topological polar surface area (TPSA) is 86.2 Å². The number of ketones is 1.